The highest BCUT2D eigenvalue weighted by Crippen LogP contribution is 2.43. The summed E-state index contributed by atoms with van der Waals surface area (Å²) in [4.78, 5) is 0. The SMILES string of the molecule is CC(C)CC1(O)CCCC(CCC(C)(C)CC2CCC(O)C(C)C2)C1. The molecule has 0 amide bonds. The first-order chi connectivity index (χ1) is 11.6. The summed E-state index contributed by atoms with van der Waals surface area (Å²) in [6.45, 7) is 11.5. The monoisotopic (exact) mass is 352 g/mol. The smallest absolute Gasteiger partial charge is 0.0652 e. The predicted octanol–water partition coefficient (Wildman–Crippen LogP) is 5.95. The Balaban J connectivity index is 1.79. The van der Waals surface area contributed by atoms with Crippen molar-refractivity contribution in [2.75, 3.05) is 0 Å². The Morgan fingerprint density at radius 3 is 2.48 bits per heavy atom. The van der Waals surface area contributed by atoms with Crippen LogP contribution in [0.2, 0.25) is 0 Å². The Bertz CT molecular complexity index is 403. The second-order valence-corrected chi connectivity index (χ2v) is 10.9. The normalized spacial score (nSPS) is 37.4. The Kier molecular flexibility index (Phi) is 7.42. The molecule has 5 unspecified atom stereocenters. The number of hydrogen-bond acceptors (Lipinski definition) is 2. The first-order valence-corrected chi connectivity index (χ1v) is 11.0. The van der Waals surface area contributed by atoms with Gasteiger partial charge >= 0.3 is 0 Å². The molecule has 25 heavy (non-hydrogen) atoms. The van der Waals surface area contributed by atoms with E-state index < -0.39 is 5.60 Å². The summed E-state index contributed by atoms with van der Waals surface area (Å²) in [6, 6.07) is 0. The second kappa shape index (κ2) is 8.74. The van der Waals surface area contributed by atoms with Crippen molar-refractivity contribution in [2.45, 2.75) is 117 Å². The lowest BCUT2D eigenvalue weighted by atomic mass is 9.68. The third-order valence-corrected chi connectivity index (χ3v) is 7.01. The summed E-state index contributed by atoms with van der Waals surface area (Å²) >= 11 is 0. The first kappa shape index (κ1) is 21.2. The molecule has 2 aliphatic rings. The Morgan fingerprint density at radius 1 is 1.12 bits per heavy atom. The van der Waals surface area contributed by atoms with E-state index >= 15 is 0 Å². The van der Waals surface area contributed by atoms with Crippen molar-refractivity contribution in [2.24, 2.45) is 29.1 Å². The molecule has 0 saturated heterocycles. The van der Waals surface area contributed by atoms with E-state index in [2.05, 4.69) is 34.6 Å². The molecule has 2 N–H and O–H groups in total. The lowest BCUT2D eigenvalue weighted by molar-refractivity contribution is -0.0355. The summed E-state index contributed by atoms with van der Waals surface area (Å²) in [5, 5.41) is 20.9. The Morgan fingerprint density at radius 2 is 1.84 bits per heavy atom. The molecular weight excluding hydrogens is 308 g/mol. The molecule has 0 aromatic carbocycles. The highest BCUT2D eigenvalue weighted by atomic mass is 16.3. The summed E-state index contributed by atoms with van der Waals surface area (Å²) in [5.41, 5.74) is -0.00352. The predicted molar refractivity (Wildman–Crippen MR) is 107 cm³/mol. The van der Waals surface area contributed by atoms with Crippen molar-refractivity contribution in [3.63, 3.8) is 0 Å². The third-order valence-electron chi connectivity index (χ3n) is 7.01. The van der Waals surface area contributed by atoms with Crippen molar-refractivity contribution in [1.29, 1.82) is 0 Å². The van der Waals surface area contributed by atoms with Crippen LogP contribution in [0.4, 0.5) is 0 Å². The van der Waals surface area contributed by atoms with Crippen LogP contribution in [0.15, 0.2) is 0 Å². The van der Waals surface area contributed by atoms with Crippen molar-refractivity contribution >= 4 is 0 Å². The minimum atomic E-state index is -0.393. The maximum absolute atomic E-state index is 10.9. The van der Waals surface area contributed by atoms with Crippen LogP contribution >= 0.6 is 0 Å². The average molecular weight is 353 g/mol. The molecule has 2 nitrogen and oxygen atoms in total. The van der Waals surface area contributed by atoms with Crippen molar-refractivity contribution in [1.82, 2.24) is 0 Å². The molecular formula is C23H44O2. The number of hydrogen-bond donors (Lipinski definition) is 2. The minimum Gasteiger partial charge on any atom is -0.393 e. The van der Waals surface area contributed by atoms with Crippen LogP contribution in [-0.4, -0.2) is 21.9 Å². The minimum absolute atomic E-state index is 0.0692. The van der Waals surface area contributed by atoms with E-state index in [1.165, 1.54) is 44.9 Å². The number of aliphatic hydroxyl groups is 2. The topological polar surface area (TPSA) is 40.5 Å². The van der Waals surface area contributed by atoms with Gasteiger partial charge in [-0.15, -0.1) is 0 Å². The van der Waals surface area contributed by atoms with Crippen LogP contribution in [0.5, 0.6) is 0 Å². The van der Waals surface area contributed by atoms with Crippen molar-refractivity contribution < 1.29 is 10.2 Å². The van der Waals surface area contributed by atoms with Gasteiger partial charge < -0.3 is 10.2 Å². The van der Waals surface area contributed by atoms with Crippen LogP contribution < -0.4 is 0 Å². The van der Waals surface area contributed by atoms with Gasteiger partial charge in [0.05, 0.1) is 11.7 Å². The zero-order valence-electron chi connectivity index (χ0n) is 17.6. The Hall–Kier alpha value is -0.0800. The number of rotatable bonds is 7. The van der Waals surface area contributed by atoms with E-state index in [9.17, 15) is 10.2 Å². The lowest BCUT2D eigenvalue weighted by Gasteiger charge is -2.40. The zero-order valence-corrected chi connectivity index (χ0v) is 17.6. The molecule has 0 spiro atoms. The highest BCUT2D eigenvalue weighted by molar-refractivity contribution is 4.88. The van der Waals surface area contributed by atoms with E-state index in [4.69, 9.17) is 0 Å². The molecule has 0 radical (unpaired) electrons. The van der Waals surface area contributed by atoms with E-state index in [1.54, 1.807) is 0 Å². The molecule has 5 atom stereocenters. The zero-order chi connectivity index (χ0) is 18.7. The van der Waals surface area contributed by atoms with Crippen LogP contribution in [0.1, 0.15) is 105 Å². The summed E-state index contributed by atoms with van der Waals surface area (Å²) < 4.78 is 0. The van der Waals surface area contributed by atoms with Crippen molar-refractivity contribution in [3.05, 3.63) is 0 Å². The molecule has 0 aromatic heterocycles. The van der Waals surface area contributed by atoms with E-state index in [1.807, 2.05) is 0 Å². The summed E-state index contributed by atoms with van der Waals surface area (Å²) in [7, 11) is 0. The summed E-state index contributed by atoms with van der Waals surface area (Å²) in [6.07, 6.45) is 12.7. The molecule has 2 rings (SSSR count). The molecule has 0 aliphatic heterocycles. The molecule has 2 fully saturated rings. The standard InChI is InChI=1S/C23H44O2/c1-17(2)14-23(25)11-6-7-19(16-23)10-12-22(4,5)15-20-8-9-21(24)18(3)13-20/h17-21,24-25H,6-16H2,1-5H3. The Labute approximate surface area is 156 Å². The molecule has 0 heterocycles. The fraction of sp³-hybridized carbons (Fsp3) is 1.00. The quantitative estimate of drug-likeness (QED) is 0.594. The third kappa shape index (κ3) is 6.86. The average Bonchev–Trinajstić information content (AvgIpc) is 2.48. The van der Waals surface area contributed by atoms with E-state index in [-0.39, 0.29) is 6.10 Å². The van der Waals surface area contributed by atoms with Crippen molar-refractivity contribution in [3.8, 4) is 0 Å². The fourth-order valence-electron chi connectivity index (χ4n) is 5.81. The van der Waals surface area contributed by atoms with Gasteiger partial charge in [0.2, 0.25) is 0 Å². The first-order valence-electron chi connectivity index (χ1n) is 11.0. The summed E-state index contributed by atoms with van der Waals surface area (Å²) in [5.74, 6) is 2.56. The van der Waals surface area contributed by atoms with Gasteiger partial charge in [0.1, 0.15) is 0 Å². The van der Waals surface area contributed by atoms with Gasteiger partial charge in [-0.05, 0) is 86.9 Å². The second-order valence-electron chi connectivity index (χ2n) is 10.9. The fourth-order valence-corrected chi connectivity index (χ4v) is 5.81. The maximum Gasteiger partial charge on any atom is 0.0652 e. The van der Waals surface area contributed by atoms with Gasteiger partial charge in [0.25, 0.3) is 0 Å². The largest absolute Gasteiger partial charge is 0.393 e. The van der Waals surface area contributed by atoms with Gasteiger partial charge in [-0.1, -0.05) is 47.5 Å². The van der Waals surface area contributed by atoms with Crippen LogP contribution in [0, 0.1) is 29.1 Å². The van der Waals surface area contributed by atoms with Crippen LogP contribution in [0.3, 0.4) is 0 Å². The van der Waals surface area contributed by atoms with Gasteiger partial charge in [0, 0.05) is 0 Å². The molecule has 2 saturated carbocycles. The molecule has 148 valence electrons. The van der Waals surface area contributed by atoms with Gasteiger partial charge in [-0.3, -0.25) is 0 Å². The highest BCUT2D eigenvalue weighted by Gasteiger charge is 2.36. The van der Waals surface area contributed by atoms with Crippen LogP contribution in [-0.2, 0) is 0 Å². The molecule has 2 heteroatoms. The van der Waals surface area contributed by atoms with Gasteiger partial charge in [-0.2, -0.15) is 0 Å². The molecule has 0 aromatic rings. The van der Waals surface area contributed by atoms with E-state index in [0.29, 0.717) is 23.2 Å². The maximum atomic E-state index is 10.9. The van der Waals surface area contributed by atoms with Gasteiger partial charge in [-0.25, -0.2) is 0 Å². The van der Waals surface area contributed by atoms with E-state index in [0.717, 1.165) is 31.6 Å². The lowest BCUT2D eigenvalue weighted by Crippen LogP contribution is -2.37. The van der Waals surface area contributed by atoms with Gasteiger partial charge in [0.15, 0.2) is 0 Å². The number of aliphatic hydroxyl groups excluding tert-OH is 1. The molecule has 2 aliphatic carbocycles. The van der Waals surface area contributed by atoms with Crippen LogP contribution in [0.25, 0.3) is 0 Å². The molecule has 0 bridgehead atoms.